The fraction of sp³-hybridized carbons (Fsp3) is 0.120. The molecule has 2 heterocycles. The average molecular weight is 407 g/mol. The van der Waals surface area contributed by atoms with Crippen molar-refractivity contribution in [2.24, 2.45) is 0 Å². The van der Waals surface area contributed by atoms with E-state index in [1.165, 1.54) is 5.56 Å². The van der Waals surface area contributed by atoms with Crippen LogP contribution in [0.3, 0.4) is 0 Å². The van der Waals surface area contributed by atoms with Crippen LogP contribution in [0.2, 0.25) is 0 Å². The molecular weight excluding hydrogens is 386 g/mol. The van der Waals surface area contributed by atoms with Crippen molar-refractivity contribution in [1.82, 2.24) is 24.5 Å². The van der Waals surface area contributed by atoms with Gasteiger partial charge in [0.1, 0.15) is 5.69 Å². The van der Waals surface area contributed by atoms with Crippen molar-refractivity contribution in [2.75, 3.05) is 0 Å². The highest BCUT2D eigenvalue weighted by atomic mass is 16.1. The second-order valence-corrected chi connectivity index (χ2v) is 7.67. The van der Waals surface area contributed by atoms with Crippen LogP contribution in [0.4, 0.5) is 0 Å². The average Bonchev–Trinajstić information content (AvgIpc) is 3.24. The predicted molar refractivity (Wildman–Crippen MR) is 121 cm³/mol. The molecule has 3 aromatic carbocycles. The van der Waals surface area contributed by atoms with Crippen LogP contribution in [-0.4, -0.2) is 24.5 Å². The molecule has 0 aliphatic heterocycles. The van der Waals surface area contributed by atoms with Gasteiger partial charge in [-0.15, -0.1) is 5.10 Å². The molecule has 0 radical (unpaired) electrons. The normalized spacial score (nSPS) is 11.1. The van der Waals surface area contributed by atoms with Gasteiger partial charge >= 0.3 is 0 Å². The van der Waals surface area contributed by atoms with Crippen molar-refractivity contribution < 1.29 is 0 Å². The Morgan fingerprint density at radius 1 is 0.871 bits per heavy atom. The zero-order valence-electron chi connectivity index (χ0n) is 17.1. The summed E-state index contributed by atoms with van der Waals surface area (Å²) in [5.74, 6) is 0. The molecule has 0 aliphatic rings. The van der Waals surface area contributed by atoms with E-state index in [1.807, 2.05) is 54.7 Å². The van der Waals surface area contributed by atoms with E-state index >= 15 is 0 Å². The Balaban J connectivity index is 1.41. The topological polar surface area (TPSA) is 65.6 Å². The first-order valence-electron chi connectivity index (χ1n) is 10.1. The van der Waals surface area contributed by atoms with Gasteiger partial charge in [-0.1, -0.05) is 71.4 Å². The van der Waals surface area contributed by atoms with Crippen molar-refractivity contribution in [1.29, 1.82) is 0 Å². The van der Waals surface area contributed by atoms with Crippen molar-refractivity contribution >= 4 is 10.9 Å². The Kier molecular flexibility index (Phi) is 4.88. The van der Waals surface area contributed by atoms with Gasteiger partial charge in [0.05, 0.1) is 36.5 Å². The number of fused-ring (bicyclic) bond motifs is 1. The van der Waals surface area contributed by atoms with Crippen LogP contribution in [-0.2, 0) is 13.1 Å². The van der Waals surface area contributed by atoms with Crippen LogP contribution in [0.5, 0.6) is 0 Å². The minimum absolute atomic E-state index is 0.0872. The number of hydrogen-bond donors (Lipinski definition) is 0. The number of rotatable bonds is 5. The van der Waals surface area contributed by atoms with Gasteiger partial charge < -0.3 is 0 Å². The lowest BCUT2D eigenvalue weighted by Gasteiger charge is -2.07. The second kappa shape index (κ2) is 7.99. The fourth-order valence-electron chi connectivity index (χ4n) is 3.63. The maximum Gasteiger partial charge on any atom is 0.261 e. The SMILES string of the molecule is Cc1ccc(Cn2cc(Cn3cnc4ccc(-c5ccccc5)cc4c3=O)nn2)cc1. The molecule has 0 bridgehead atoms. The molecule has 0 fully saturated rings. The van der Waals surface area contributed by atoms with Crippen molar-refractivity contribution in [3.05, 3.63) is 112 Å². The van der Waals surface area contributed by atoms with E-state index < -0.39 is 0 Å². The summed E-state index contributed by atoms with van der Waals surface area (Å²) in [7, 11) is 0. The van der Waals surface area contributed by atoms with E-state index in [0.29, 0.717) is 24.0 Å². The summed E-state index contributed by atoms with van der Waals surface area (Å²) in [6.07, 6.45) is 3.45. The summed E-state index contributed by atoms with van der Waals surface area (Å²) in [5, 5.41) is 9.04. The fourth-order valence-corrected chi connectivity index (χ4v) is 3.63. The van der Waals surface area contributed by atoms with Crippen LogP contribution in [0.15, 0.2) is 90.1 Å². The highest BCUT2D eigenvalue weighted by Gasteiger charge is 2.09. The van der Waals surface area contributed by atoms with Crippen molar-refractivity contribution in [2.45, 2.75) is 20.0 Å². The van der Waals surface area contributed by atoms with E-state index in [4.69, 9.17) is 0 Å². The number of nitrogens with zero attached hydrogens (tertiary/aromatic N) is 5. The lowest BCUT2D eigenvalue weighted by atomic mass is 10.0. The van der Waals surface area contributed by atoms with Crippen molar-refractivity contribution in [3.8, 4) is 11.1 Å². The molecular formula is C25H21N5O. The lowest BCUT2D eigenvalue weighted by molar-refractivity contribution is 0.648. The molecule has 0 saturated carbocycles. The van der Waals surface area contributed by atoms with Gasteiger partial charge in [0, 0.05) is 0 Å². The van der Waals surface area contributed by atoms with Crippen LogP contribution < -0.4 is 5.56 Å². The molecule has 0 amide bonds. The van der Waals surface area contributed by atoms with E-state index in [2.05, 4.69) is 46.5 Å². The first-order chi connectivity index (χ1) is 15.2. The molecule has 152 valence electrons. The lowest BCUT2D eigenvalue weighted by Crippen LogP contribution is -2.21. The van der Waals surface area contributed by atoms with E-state index in [0.717, 1.165) is 22.4 Å². The summed E-state index contributed by atoms with van der Waals surface area (Å²) in [5.41, 5.74) is 5.75. The molecule has 0 saturated heterocycles. The van der Waals surface area contributed by atoms with Gasteiger partial charge in [0.25, 0.3) is 5.56 Å². The smallest absolute Gasteiger partial charge is 0.261 e. The molecule has 0 aliphatic carbocycles. The van der Waals surface area contributed by atoms with Crippen LogP contribution in [0.25, 0.3) is 22.0 Å². The Hall–Kier alpha value is -4.06. The number of aryl methyl sites for hydroxylation is 1. The molecule has 6 nitrogen and oxygen atoms in total. The molecule has 6 heteroatoms. The van der Waals surface area contributed by atoms with Crippen LogP contribution >= 0.6 is 0 Å². The van der Waals surface area contributed by atoms with Gasteiger partial charge in [0.2, 0.25) is 0 Å². The summed E-state index contributed by atoms with van der Waals surface area (Å²) in [6.45, 7) is 3.03. The Morgan fingerprint density at radius 2 is 1.68 bits per heavy atom. The standard InChI is InChI=1S/C25H21N5O/c1-18-7-9-19(10-8-18)14-30-16-22(27-28-30)15-29-17-26-24-12-11-21(13-23(24)25(29)31)20-5-3-2-4-6-20/h2-13,16-17H,14-15H2,1H3. The predicted octanol–water partition coefficient (Wildman–Crippen LogP) is 4.06. The van der Waals surface area contributed by atoms with Gasteiger partial charge in [-0.2, -0.15) is 0 Å². The molecule has 0 unspecified atom stereocenters. The minimum Gasteiger partial charge on any atom is -0.293 e. The first-order valence-corrected chi connectivity index (χ1v) is 10.1. The van der Waals surface area contributed by atoms with Crippen LogP contribution in [0, 0.1) is 6.92 Å². The summed E-state index contributed by atoms with van der Waals surface area (Å²) in [6, 6.07) is 24.1. The Labute approximate surface area is 179 Å². The van der Waals surface area contributed by atoms with Gasteiger partial charge in [-0.3, -0.25) is 9.36 Å². The molecule has 31 heavy (non-hydrogen) atoms. The zero-order chi connectivity index (χ0) is 21.2. The number of hydrogen-bond acceptors (Lipinski definition) is 4. The molecule has 2 aromatic heterocycles. The van der Waals surface area contributed by atoms with Gasteiger partial charge in [0.15, 0.2) is 0 Å². The number of aromatic nitrogens is 5. The maximum absolute atomic E-state index is 13.1. The first kappa shape index (κ1) is 18.9. The molecule has 5 aromatic rings. The Morgan fingerprint density at radius 3 is 2.48 bits per heavy atom. The van der Waals surface area contributed by atoms with Crippen LogP contribution in [0.1, 0.15) is 16.8 Å². The minimum atomic E-state index is -0.0872. The quantitative estimate of drug-likeness (QED) is 0.441. The molecule has 0 N–H and O–H groups in total. The number of benzene rings is 3. The van der Waals surface area contributed by atoms with E-state index in [-0.39, 0.29) is 5.56 Å². The zero-order valence-corrected chi connectivity index (χ0v) is 17.1. The molecule has 0 atom stereocenters. The van der Waals surface area contributed by atoms with E-state index in [1.54, 1.807) is 15.6 Å². The highest BCUT2D eigenvalue weighted by Crippen LogP contribution is 2.21. The van der Waals surface area contributed by atoms with E-state index in [9.17, 15) is 4.79 Å². The van der Waals surface area contributed by atoms with Gasteiger partial charge in [-0.05, 0) is 35.7 Å². The molecule has 0 spiro atoms. The van der Waals surface area contributed by atoms with Crippen molar-refractivity contribution in [3.63, 3.8) is 0 Å². The van der Waals surface area contributed by atoms with Gasteiger partial charge in [-0.25, -0.2) is 9.67 Å². The highest BCUT2D eigenvalue weighted by molar-refractivity contribution is 5.83. The monoisotopic (exact) mass is 407 g/mol. The summed E-state index contributed by atoms with van der Waals surface area (Å²) < 4.78 is 3.37. The largest absolute Gasteiger partial charge is 0.293 e. The third kappa shape index (κ3) is 4.00. The third-order valence-corrected chi connectivity index (χ3v) is 5.31. The summed E-state index contributed by atoms with van der Waals surface area (Å²) >= 11 is 0. The maximum atomic E-state index is 13.1. The third-order valence-electron chi connectivity index (χ3n) is 5.31. The molecule has 5 rings (SSSR count). The second-order valence-electron chi connectivity index (χ2n) is 7.67. The Bertz CT molecular complexity index is 1400. The summed E-state index contributed by atoms with van der Waals surface area (Å²) in [4.78, 5) is 17.6.